The zero-order valence-corrected chi connectivity index (χ0v) is 22.3. The standard InChI is InChI=1S/C26H33N3O6S/c1-17-7-8-19(31-2)22-24(17)36-26(27-22)29(10-6-9-28-11-13-35-14-12-28)25(30)18-15-20(32-3)23(34-5)21(16-18)33-4/h7-8,15-16H,6,9-14H2,1-5H3. The first-order valence-corrected chi connectivity index (χ1v) is 12.7. The van der Waals surface area contributed by atoms with Crippen molar-refractivity contribution >= 4 is 32.6 Å². The Morgan fingerprint density at radius 2 is 1.69 bits per heavy atom. The molecule has 1 aromatic heterocycles. The van der Waals surface area contributed by atoms with Gasteiger partial charge < -0.3 is 23.7 Å². The number of fused-ring (bicyclic) bond motifs is 1. The molecule has 2 heterocycles. The molecule has 0 spiro atoms. The molecule has 36 heavy (non-hydrogen) atoms. The fraction of sp³-hybridized carbons (Fsp3) is 0.462. The third kappa shape index (κ3) is 5.35. The Morgan fingerprint density at radius 3 is 2.31 bits per heavy atom. The summed E-state index contributed by atoms with van der Waals surface area (Å²) in [4.78, 5) is 22.9. The molecule has 0 N–H and O–H groups in total. The lowest BCUT2D eigenvalue weighted by atomic mass is 10.1. The van der Waals surface area contributed by atoms with Crippen LogP contribution >= 0.6 is 11.3 Å². The third-order valence-electron chi connectivity index (χ3n) is 6.26. The number of carbonyl (C=O) groups excluding carboxylic acids is 1. The van der Waals surface area contributed by atoms with Gasteiger partial charge in [-0.15, -0.1) is 0 Å². The van der Waals surface area contributed by atoms with Gasteiger partial charge in [0.05, 0.1) is 46.4 Å². The molecule has 0 radical (unpaired) electrons. The number of amides is 1. The van der Waals surface area contributed by atoms with Gasteiger partial charge >= 0.3 is 0 Å². The summed E-state index contributed by atoms with van der Waals surface area (Å²) < 4.78 is 28.4. The highest BCUT2D eigenvalue weighted by Gasteiger charge is 2.26. The van der Waals surface area contributed by atoms with Gasteiger partial charge in [-0.25, -0.2) is 4.98 Å². The predicted molar refractivity (Wildman–Crippen MR) is 141 cm³/mol. The smallest absolute Gasteiger partial charge is 0.260 e. The molecule has 0 saturated carbocycles. The van der Waals surface area contributed by atoms with E-state index in [4.69, 9.17) is 28.7 Å². The molecule has 3 aromatic rings. The van der Waals surface area contributed by atoms with Crippen LogP contribution in [0.25, 0.3) is 10.2 Å². The summed E-state index contributed by atoms with van der Waals surface area (Å²) in [5, 5.41) is 0.623. The zero-order chi connectivity index (χ0) is 25.7. The van der Waals surface area contributed by atoms with Crippen LogP contribution in [0.15, 0.2) is 24.3 Å². The molecule has 4 rings (SSSR count). The number of carbonyl (C=O) groups is 1. The molecule has 1 aliphatic heterocycles. The maximum absolute atomic E-state index is 14.0. The van der Waals surface area contributed by atoms with Crippen LogP contribution < -0.4 is 23.8 Å². The van der Waals surface area contributed by atoms with Gasteiger partial charge in [-0.1, -0.05) is 17.4 Å². The van der Waals surface area contributed by atoms with E-state index < -0.39 is 0 Å². The Labute approximate surface area is 215 Å². The van der Waals surface area contributed by atoms with Crippen LogP contribution in [0.5, 0.6) is 23.0 Å². The van der Waals surface area contributed by atoms with E-state index in [-0.39, 0.29) is 5.91 Å². The third-order valence-corrected chi connectivity index (χ3v) is 7.47. The average molecular weight is 516 g/mol. The average Bonchev–Trinajstić information content (AvgIpc) is 3.36. The van der Waals surface area contributed by atoms with Gasteiger partial charge in [0, 0.05) is 31.7 Å². The number of aryl methyl sites for hydroxylation is 1. The van der Waals surface area contributed by atoms with Crippen molar-refractivity contribution < 1.29 is 28.5 Å². The molecule has 1 amide bonds. The summed E-state index contributed by atoms with van der Waals surface area (Å²) >= 11 is 1.49. The van der Waals surface area contributed by atoms with Gasteiger partial charge in [0.25, 0.3) is 5.91 Å². The fourth-order valence-corrected chi connectivity index (χ4v) is 5.38. The molecule has 2 aromatic carbocycles. The Morgan fingerprint density at radius 1 is 1.03 bits per heavy atom. The van der Waals surface area contributed by atoms with Crippen molar-refractivity contribution in [2.24, 2.45) is 0 Å². The van der Waals surface area contributed by atoms with Crippen LogP contribution in [0.2, 0.25) is 0 Å². The second kappa shape index (κ2) is 11.8. The summed E-state index contributed by atoms with van der Waals surface area (Å²) in [6.45, 7) is 6.70. The van der Waals surface area contributed by atoms with Crippen molar-refractivity contribution in [1.82, 2.24) is 9.88 Å². The summed E-state index contributed by atoms with van der Waals surface area (Å²) in [6.07, 6.45) is 0.794. The lowest BCUT2D eigenvalue weighted by Crippen LogP contribution is -2.39. The first kappa shape index (κ1) is 26.0. The number of nitrogens with zero attached hydrogens (tertiary/aromatic N) is 3. The van der Waals surface area contributed by atoms with E-state index in [2.05, 4.69) is 4.90 Å². The van der Waals surface area contributed by atoms with Gasteiger partial charge in [0.1, 0.15) is 11.3 Å². The van der Waals surface area contributed by atoms with Crippen LogP contribution in [0, 0.1) is 6.92 Å². The maximum Gasteiger partial charge on any atom is 0.260 e. The minimum absolute atomic E-state index is 0.188. The van der Waals surface area contributed by atoms with Crippen molar-refractivity contribution in [2.45, 2.75) is 13.3 Å². The van der Waals surface area contributed by atoms with Crippen molar-refractivity contribution in [3.8, 4) is 23.0 Å². The van der Waals surface area contributed by atoms with E-state index in [1.165, 1.54) is 32.7 Å². The van der Waals surface area contributed by atoms with Crippen LogP contribution in [-0.2, 0) is 4.74 Å². The van der Waals surface area contributed by atoms with Crippen molar-refractivity contribution in [2.75, 3.05) is 72.7 Å². The van der Waals surface area contributed by atoms with Gasteiger partial charge in [-0.3, -0.25) is 14.6 Å². The van der Waals surface area contributed by atoms with E-state index in [1.807, 2.05) is 19.1 Å². The lowest BCUT2D eigenvalue weighted by molar-refractivity contribution is 0.0376. The molecule has 0 unspecified atom stereocenters. The van der Waals surface area contributed by atoms with Crippen molar-refractivity contribution in [3.63, 3.8) is 0 Å². The normalized spacial score (nSPS) is 14.0. The number of benzene rings is 2. The van der Waals surface area contributed by atoms with Crippen LogP contribution in [0.1, 0.15) is 22.3 Å². The van der Waals surface area contributed by atoms with E-state index in [9.17, 15) is 4.79 Å². The number of thiazole rings is 1. The molecule has 9 nitrogen and oxygen atoms in total. The number of ether oxygens (including phenoxy) is 5. The molecule has 1 saturated heterocycles. The summed E-state index contributed by atoms with van der Waals surface area (Å²) in [6, 6.07) is 7.27. The molecule has 1 fully saturated rings. The van der Waals surface area contributed by atoms with E-state index in [0.29, 0.717) is 40.2 Å². The number of methoxy groups -OCH3 is 4. The monoisotopic (exact) mass is 515 g/mol. The van der Waals surface area contributed by atoms with Gasteiger partial charge in [0.2, 0.25) is 5.75 Å². The fourth-order valence-electron chi connectivity index (χ4n) is 4.30. The molecule has 1 aliphatic rings. The molecule has 194 valence electrons. The minimum atomic E-state index is -0.188. The number of aromatic nitrogens is 1. The highest BCUT2D eigenvalue weighted by molar-refractivity contribution is 7.22. The van der Waals surface area contributed by atoms with Crippen molar-refractivity contribution in [3.05, 3.63) is 35.4 Å². The van der Waals surface area contributed by atoms with Crippen LogP contribution in [0.3, 0.4) is 0 Å². The molecular formula is C26H33N3O6S. The van der Waals surface area contributed by atoms with E-state index in [0.717, 1.165) is 55.0 Å². The highest BCUT2D eigenvalue weighted by atomic mass is 32.1. The zero-order valence-electron chi connectivity index (χ0n) is 21.5. The Bertz CT molecular complexity index is 1180. The largest absolute Gasteiger partial charge is 0.494 e. The maximum atomic E-state index is 14.0. The van der Waals surface area contributed by atoms with Crippen LogP contribution in [-0.4, -0.2) is 83.6 Å². The second-order valence-electron chi connectivity index (χ2n) is 8.44. The minimum Gasteiger partial charge on any atom is -0.494 e. The van der Waals surface area contributed by atoms with E-state index >= 15 is 0 Å². The SMILES string of the molecule is COc1cc(C(=O)N(CCCN2CCOCC2)c2nc3c(OC)ccc(C)c3s2)cc(OC)c1OC. The Balaban J connectivity index is 1.70. The topological polar surface area (TPSA) is 82.6 Å². The van der Waals surface area contributed by atoms with Gasteiger partial charge in [-0.05, 0) is 37.1 Å². The Kier molecular flexibility index (Phi) is 8.50. The number of rotatable bonds is 10. The summed E-state index contributed by atoms with van der Waals surface area (Å²) in [5.41, 5.74) is 2.27. The highest BCUT2D eigenvalue weighted by Crippen LogP contribution is 2.40. The second-order valence-corrected chi connectivity index (χ2v) is 9.41. The molecule has 0 bridgehead atoms. The predicted octanol–water partition coefficient (Wildman–Crippen LogP) is 4.01. The number of hydrogen-bond acceptors (Lipinski definition) is 9. The molecular weight excluding hydrogens is 482 g/mol. The lowest BCUT2D eigenvalue weighted by Gasteiger charge is -2.28. The number of hydrogen-bond donors (Lipinski definition) is 0. The van der Waals surface area contributed by atoms with Gasteiger partial charge in [0.15, 0.2) is 16.6 Å². The van der Waals surface area contributed by atoms with E-state index in [1.54, 1.807) is 24.1 Å². The Hall–Kier alpha value is -3.08. The quantitative estimate of drug-likeness (QED) is 0.401. The summed E-state index contributed by atoms with van der Waals surface area (Å²) in [7, 11) is 6.24. The molecule has 0 atom stereocenters. The first-order valence-electron chi connectivity index (χ1n) is 11.9. The number of anilines is 1. The van der Waals surface area contributed by atoms with Gasteiger partial charge in [-0.2, -0.15) is 0 Å². The first-order chi connectivity index (χ1) is 17.5. The molecule has 0 aliphatic carbocycles. The van der Waals surface area contributed by atoms with Crippen LogP contribution in [0.4, 0.5) is 5.13 Å². The summed E-state index contributed by atoms with van der Waals surface area (Å²) in [5.74, 6) is 1.79. The molecule has 10 heteroatoms. The number of morpholine rings is 1. The van der Waals surface area contributed by atoms with Crippen molar-refractivity contribution in [1.29, 1.82) is 0 Å².